The molecular formula is C13H14O8P2. The molecule has 4 N–H and O–H groups in total. The standard InChI is InChI=1S/C13H10O.H4O7P2/c1-3-7-12-10(5-1)9-11-6-2-4-8-13(11)14-12;1-8(2,3)7-9(4,5)6/h1-8H,9H2;(H2,1,2,3)(H2,4,5,6). The highest BCUT2D eigenvalue weighted by Crippen LogP contribution is 2.53. The molecule has 0 radical (unpaired) electrons. The number of hydrogen-bond donors (Lipinski definition) is 4. The van der Waals surface area contributed by atoms with Gasteiger partial charge in [-0.05, 0) is 23.3 Å². The summed E-state index contributed by atoms with van der Waals surface area (Å²) in [6.45, 7) is 0. The van der Waals surface area contributed by atoms with Crippen LogP contribution in [0, 0.1) is 0 Å². The molecular weight excluding hydrogens is 346 g/mol. The predicted molar refractivity (Wildman–Crippen MR) is 80.9 cm³/mol. The average molecular weight is 360 g/mol. The van der Waals surface area contributed by atoms with E-state index in [2.05, 4.69) is 28.6 Å². The van der Waals surface area contributed by atoms with Crippen LogP contribution in [0.15, 0.2) is 48.5 Å². The summed E-state index contributed by atoms with van der Waals surface area (Å²) in [6.07, 6.45) is 0.979. The number of hydrogen-bond acceptors (Lipinski definition) is 4. The molecule has 0 saturated heterocycles. The van der Waals surface area contributed by atoms with E-state index in [9.17, 15) is 9.13 Å². The van der Waals surface area contributed by atoms with Crippen LogP contribution in [0.25, 0.3) is 0 Å². The van der Waals surface area contributed by atoms with Gasteiger partial charge < -0.3 is 24.3 Å². The zero-order valence-electron chi connectivity index (χ0n) is 11.6. The maximum atomic E-state index is 9.63. The third-order valence-electron chi connectivity index (χ3n) is 2.76. The van der Waals surface area contributed by atoms with Crippen molar-refractivity contribution in [2.45, 2.75) is 6.42 Å². The molecule has 0 bridgehead atoms. The van der Waals surface area contributed by atoms with Gasteiger partial charge in [0.05, 0.1) is 0 Å². The van der Waals surface area contributed by atoms with Crippen molar-refractivity contribution < 1.29 is 37.8 Å². The van der Waals surface area contributed by atoms with E-state index in [4.69, 9.17) is 24.3 Å². The highest BCUT2D eigenvalue weighted by Gasteiger charge is 2.27. The lowest BCUT2D eigenvalue weighted by Gasteiger charge is -2.19. The first kappa shape index (κ1) is 17.8. The summed E-state index contributed by atoms with van der Waals surface area (Å²) in [6, 6.07) is 16.4. The van der Waals surface area contributed by atoms with Crippen LogP contribution in [0.3, 0.4) is 0 Å². The minimum atomic E-state index is -5.05. The van der Waals surface area contributed by atoms with Gasteiger partial charge in [-0.3, -0.25) is 0 Å². The van der Waals surface area contributed by atoms with Crippen LogP contribution in [-0.2, 0) is 19.9 Å². The molecule has 124 valence electrons. The molecule has 0 atom stereocenters. The van der Waals surface area contributed by atoms with Gasteiger partial charge in [-0.1, -0.05) is 36.4 Å². The summed E-state index contributed by atoms with van der Waals surface area (Å²) in [5.41, 5.74) is 2.54. The smallest absolute Gasteiger partial charge is 0.457 e. The molecule has 0 unspecified atom stereocenters. The Labute approximate surface area is 131 Å². The molecule has 1 aliphatic rings. The lowest BCUT2D eigenvalue weighted by atomic mass is 10.0. The molecule has 0 aromatic heterocycles. The third-order valence-corrected chi connectivity index (χ3v) is 4.46. The van der Waals surface area contributed by atoms with Crippen molar-refractivity contribution in [2.24, 2.45) is 0 Å². The minimum Gasteiger partial charge on any atom is -0.457 e. The van der Waals surface area contributed by atoms with Gasteiger partial charge in [0.1, 0.15) is 11.5 Å². The van der Waals surface area contributed by atoms with Crippen molar-refractivity contribution in [3.63, 3.8) is 0 Å². The fourth-order valence-electron chi connectivity index (χ4n) is 1.96. The summed E-state index contributed by atoms with van der Waals surface area (Å²) in [5.74, 6) is 1.98. The largest absolute Gasteiger partial charge is 0.478 e. The first-order valence-corrected chi connectivity index (χ1v) is 9.36. The molecule has 1 heterocycles. The van der Waals surface area contributed by atoms with Gasteiger partial charge in [-0.25, -0.2) is 9.13 Å². The van der Waals surface area contributed by atoms with Crippen molar-refractivity contribution in [3.8, 4) is 11.5 Å². The van der Waals surface area contributed by atoms with Crippen LogP contribution >= 0.6 is 15.6 Å². The van der Waals surface area contributed by atoms with E-state index in [0.29, 0.717) is 0 Å². The van der Waals surface area contributed by atoms with E-state index in [-0.39, 0.29) is 0 Å². The number of para-hydroxylation sites is 2. The first-order chi connectivity index (χ1) is 10.6. The quantitative estimate of drug-likeness (QED) is 0.513. The molecule has 0 aliphatic carbocycles. The van der Waals surface area contributed by atoms with Crippen LogP contribution in [-0.4, -0.2) is 19.6 Å². The zero-order valence-corrected chi connectivity index (χ0v) is 13.4. The first-order valence-electron chi connectivity index (χ1n) is 6.30. The maximum absolute atomic E-state index is 9.63. The van der Waals surface area contributed by atoms with Gasteiger partial charge in [0.15, 0.2) is 0 Å². The van der Waals surface area contributed by atoms with Gasteiger partial charge in [-0.15, -0.1) is 0 Å². The number of ether oxygens (including phenoxy) is 1. The normalized spacial score (nSPS) is 13.0. The monoisotopic (exact) mass is 360 g/mol. The number of rotatable bonds is 2. The fourth-order valence-corrected chi connectivity index (χ4v) is 3.07. The summed E-state index contributed by atoms with van der Waals surface area (Å²) in [7, 11) is -10.1. The second-order valence-corrected chi connectivity index (χ2v) is 7.17. The lowest BCUT2D eigenvalue weighted by Crippen LogP contribution is -2.01. The molecule has 0 fully saturated rings. The van der Waals surface area contributed by atoms with E-state index < -0.39 is 15.6 Å². The van der Waals surface area contributed by atoms with E-state index in [0.717, 1.165) is 17.9 Å². The Morgan fingerprint density at radius 2 is 1.17 bits per heavy atom. The molecule has 0 amide bonds. The topological polar surface area (TPSA) is 134 Å². The van der Waals surface area contributed by atoms with Crippen molar-refractivity contribution in [1.82, 2.24) is 0 Å². The summed E-state index contributed by atoms with van der Waals surface area (Å²) in [5, 5.41) is 0. The van der Waals surface area contributed by atoms with Crippen molar-refractivity contribution in [2.75, 3.05) is 0 Å². The molecule has 2 aromatic carbocycles. The second-order valence-electron chi connectivity index (χ2n) is 4.56. The molecule has 3 rings (SSSR count). The maximum Gasteiger partial charge on any atom is 0.478 e. The lowest BCUT2D eigenvalue weighted by molar-refractivity contribution is 0.225. The van der Waals surface area contributed by atoms with E-state index in [1.54, 1.807) is 0 Å². The SMILES string of the molecule is O=P(O)(O)OP(=O)(O)O.c1ccc2c(c1)Cc1ccccc1O2. The second kappa shape index (κ2) is 6.95. The molecule has 23 heavy (non-hydrogen) atoms. The van der Waals surface area contributed by atoms with Crippen LogP contribution in [0.1, 0.15) is 11.1 Å². The summed E-state index contributed by atoms with van der Waals surface area (Å²) >= 11 is 0. The van der Waals surface area contributed by atoms with Gasteiger partial charge in [0.2, 0.25) is 0 Å². The van der Waals surface area contributed by atoms with E-state index in [1.807, 2.05) is 24.3 Å². The fraction of sp³-hybridized carbons (Fsp3) is 0.0769. The third kappa shape index (κ3) is 5.89. The molecule has 10 heteroatoms. The van der Waals surface area contributed by atoms with Gasteiger partial charge in [0.25, 0.3) is 0 Å². The van der Waals surface area contributed by atoms with Gasteiger partial charge >= 0.3 is 15.6 Å². The Kier molecular flexibility index (Phi) is 5.39. The number of benzene rings is 2. The highest BCUT2D eigenvalue weighted by molar-refractivity contribution is 7.60. The van der Waals surface area contributed by atoms with Crippen LogP contribution < -0.4 is 4.74 Å². The molecule has 0 saturated carbocycles. The summed E-state index contributed by atoms with van der Waals surface area (Å²) in [4.78, 5) is 31.0. The van der Waals surface area contributed by atoms with Gasteiger partial charge in [-0.2, -0.15) is 4.31 Å². The Hall–Kier alpha value is -1.50. The Bertz CT molecular complexity index is 672. The highest BCUT2D eigenvalue weighted by atomic mass is 31.3. The molecule has 1 aliphatic heterocycles. The molecule has 2 aromatic rings. The average Bonchev–Trinajstić information content (AvgIpc) is 2.41. The minimum absolute atomic E-state index is 0.979. The predicted octanol–water partition coefficient (Wildman–Crippen LogP) is 2.57. The zero-order chi connectivity index (χ0) is 17.1. The van der Waals surface area contributed by atoms with Gasteiger partial charge in [0, 0.05) is 6.42 Å². The molecule has 0 spiro atoms. The summed E-state index contributed by atoms with van der Waals surface area (Å²) < 4.78 is 28.0. The van der Waals surface area contributed by atoms with E-state index in [1.165, 1.54) is 11.1 Å². The Morgan fingerprint density at radius 1 is 0.783 bits per heavy atom. The van der Waals surface area contributed by atoms with E-state index >= 15 is 0 Å². The van der Waals surface area contributed by atoms with Crippen LogP contribution in [0.5, 0.6) is 11.5 Å². The van der Waals surface area contributed by atoms with Crippen molar-refractivity contribution >= 4 is 15.6 Å². The Balaban J connectivity index is 0.000000188. The Morgan fingerprint density at radius 3 is 1.52 bits per heavy atom. The van der Waals surface area contributed by atoms with Crippen LogP contribution in [0.2, 0.25) is 0 Å². The van der Waals surface area contributed by atoms with Crippen molar-refractivity contribution in [3.05, 3.63) is 59.7 Å². The molecule has 8 nitrogen and oxygen atoms in total. The van der Waals surface area contributed by atoms with Crippen LogP contribution in [0.4, 0.5) is 0 Å². The number of fused-ring (bicyclic) bond motifs is 2. The number of phosphoric acid groups is 2. The van der Waals surface area contributed by atoms with Crippen molar-refractivity contribution in [1.29, 1.82) is 0 Å².